The van der Waals surface area contributed by atoms with E-state index in [1.54, 1.807) is 23.6 Å². The minimum absolute atomic E-state index is 0.0426. The van der Waals surface area contributed by atoms with E-state index in [4.69, 9.17) is 34.2 Å². The summed E-state index contributed by atoms with van der Waals surface area (Å²) in [5.74, 6) is -1.71. The third-order valence-electron chi connectivity index (χ3n) is 13.0. The molecular formula is C52H89N7O12S. The molecule has 0 spiro atoms. The molecule has 0 fully saturated rings. The molecule has 20 heteroatoms. The van der Waals surface area contributed by atoms with Crippen molar-refractivity contribution in [1.29, 1.82) is 0 Å². The van der Waals surface area contributed by atoms with E-state index in [9.17, 15) is 29.4 Å². The van der Waals surface area contributed by atoms with Crippen molar-refractivity contribution in [2.45, 2.75) is 123 Å². The summed E-state index contributed by atoms with van der Waals surface area (Å²) in [5, 5.41) is 33.1. The fourth-order valence-electron chi connectivity index (χ4n) is 8.76. The highest BCUT2D eigenvalue weighted by molar-refractivity contribution is 7.09. The number of nitrogens with one attached hydrogen (secondary N) is 3. The number of nitrogens with two attached hydrogens (primary N) is 1. The molecule has 1 heterocycles. The fraction of sp³-hybridized carbons (Fsp3) is 0.750. The second-order valence-electron chi connectivity index (χ2n) is 19.1. The van der Waals surface area contributed by atoms with E-state index in [0.29, 0.717) is 122 Å². The van der Waals surface area contributed by atoms with Crippen molar-refractivity contribution < 1.29 is 57.8 Å². The molecule has 8 unspecified atom stereocenters. The van der Waals surface area contributed by atoms with Crippen LogP contribution in [0.3, 0.4) is 0 Å². The van der Waals surface area contributed by atoms with Crippen LogP contribution in [0.15, 0.2) is 23.6 Å². The largest absolute Gasteiger partial charge is 0.508 e. The number of aromatic nitrogens is 1. The van der Waals surface area contributed by atoms with Crippen molar-refractivity contribution >= 4 is 35.0 Å². The summed E-state index contributed by atoms with van der Waals surface area (Å²) in [6.07, 6.45) is 2.04. The monoisotopic (exact) mass is 1040 g/mol. The number of nitrogens with zero attached hydrogens (tertiary/aromatic N) is 3. The van der Waals surface area contributed by atoms with Crippen LogP contribution in [-0.4, -0.2) is 186 Å². The van der Waals surface area contributed by atoms with Gasteiger partial charge < -0.3 is 65.2 Å². The Kier molecular flexibility index (Phi) is 30.0. The van der Waals surface area contributed by atoms with E-state index in [1.165, 1.54) is 11.3 Å². The molecule has 410 valence electrons. The summed E-state index contributed by atoms with van der Waals surface area (Å²) in [5.41, 5.74) is 7.05. The van der Waals surface area contributed by atoms with Gasteiger partial charge >= 0.3 is 0 Å². The Labute approximate surface area is 432 Å². The molecule has 1 aromatic carbocycles. The zero-order chi connectivity index (χ0) is 53.0. The standard InChI is InChI=1S/C52H89N7O12S/c1-10-17-59(52(65)46(36(6)11-2)57-50(64)47(58(8)9)37(7)12-3)44(35(4)5)33-45(61)51-56-43(34-72-51)49(63)55-39-30-38-13-14-40(60)32-41(38)42(31-39)48(62)54-16-19-67-21-23-69-25-27-71-29-28-70-26-24-68-22-20-66-18-15-53/h13-14,32,34-37,39,42,44-47,60-61H,10-12,15-31,33,53H2,1-9H3,(H,54,62)(H,55,63)(H,57,64). The number of aromatic hydroxyl groups is 1. The van der Waals surface area contributed by atoms with Crippen LogP contribution < -0.4 is 21.7 Å². The van der Waals surface area contributed by atoms with Gasteiger partial charge in [-0.1, -0.05) is 67.4 Å². The van der Waals surface area contributed by atoms with Gasteiger partial charge in [-0.15, -0.1) is 11.3 Å². The van der Waals surface area contributed by atoms with E-state index in [1.807, 2.05) is 65.4 Å². The van der Waals surface area contributed by atoms with Crippen LogP contribution in [-0.2, 0) is 49.2 Å². The van der Waals surface area contributed by atoms with Gasteiger partial charge in [-0.3, -0.25) is 24.1 Å². The Bertz CT molecular complexity index is 1870. The molecule has 1 aromatic heterocycles. The molecule has 4 amide bonds. The van der Waals surface area contributed by atoms with Gasteiger partial charge in [0, 0.05) is 43.5 Å². The van der Waals surface area contributed by atoms with Gasteiger partial charge in [-0.2, -0.15) is 0 Å². The molecule has 1 aliphatic carbocycles. The van der Waals surface area contributed by atoms with Gasteiger partial charge in [-0.05, 0) is 74.4 Å². The van der Waals surface area contributed by atoms with Crippen LogP contribution in [0.25, 0.3) is 0 Å². The lowest BCUT2D eigenvalue weighted by Crippen LogP contribution is -2.59. The van der Waals surface area contributed by atoms with Crippen LogP contribution >= 0.6 is 11.3 Å². The molecular weight excluding hydrogens is 947 g/mol. The Balaban J connectivity index is 1.51. The van der Waals surface area contributed by atoms with Crippen LogP contribution in [0.5, 0.6) is 5.75 Å². The number of thiazole rings is 1. The van der Waals surface area contributed by atoms with Crippen molar-refractivity contribution in [1.82, 2.24) is 30.7 Å². The first-order valence-electron chi connectivity index (χ1n) is 26.1. The predicted molar refractivity (Wildman–Crippen MR) is 278 cm³/mol. The van der Waals surface area contributed by atoms with Crippen LogP contribution in [0, 0.1) is 17.8 Å². The van der Waals surface area contributed by atoms with Crippen LogP contribution in [0.1, 0.15) is 119 Å². The molecule has 0 saturated heterocycles. The van der Waals surface area contributed by atoms with E-state index < -0.39 is 36.1 Å². The summed E-state index contributed by atoms with van der Waals surface area (Å²) in [7, 11) is 3.76. The first kappa shape index (κ1) is 62.5. The molecule has 19 nitrogen and oxygen atoms in total. The number of amides is 4. The maximum Gasteiger partial charge on any atom is 0.270 e. The molecule has 0 aliphatic heterocycles. The highest BCUT2D eigenvalue weighted by Gasteiger charge is 2.38. The number of phenolic OH excluding ortho intramolecular Hbond substituents is 1. The molecule has 7 N–H and O–H groups in total. The fourth-order valence-corrected chi connectivity index (χ4v) is 9.56. The summed E-state index contributed by atoms with van der Waals surface area (Å²) in [6.45, 7) is 20.5. The number of phenols is 1. The minimum atomic E-state index is -1.07. The molecule has 8 atom stereocenters. The minimum Gasteiger partial charge on any atom is -0.508 e. The predicted octanol–water partition coefficient (Wildman–Crippen LogP) is 4.05. The van der Waals surface area contributed by atoms with Gasteiger partial charge in [-0.25, -0.2) is 4.98 Å². The molecule has 0 radical (unpaired) electrons. The number of carbonyl (C=O) groups excluding carboxylic acids is 4. The number of carbonyl (C=O) groups is 4. The maximum absolute atomic E-state index is 14.6. The molecule has 0 bridgehead atoms. The first-order valence-corrected chi connectivity index (χ1v) is 26.9. The summed E-state index contributed by atoms with van der Waals surface area (Å²) >= 11 is 1.17. The van der Waals surface area contributed by atoms with E-state index >= 15 is 0 Å². The molecule has 3 rings (SSSR count). The lowest BCUT2D eigenvalue weighted by Gasteiger charge is -2.39. The van der Waals surface area contributed by atoms with E-state index in [-0.39, 0.29) is 72.5 Å². The maximum atomic E-state index is 14.6. The average molecular weight is 1040 g/mol. The van der Waals surface area contributed by atoms with Gasteiger partial charge in [0.1, 0.15) is 28.6 Å². The average Bonchev–Trinajstić information content (AvgIpc) is 3.86. The third kappa shape index (κ3) is 21.2. The van der Waals surface area contributed by atoms with E-state index in [2.05, 4.69) is 27.9 Å². The lowest BCUT2D eigenvalue weighted by molar-refractivity contribution is -0.143. The first-order chi connectivity index (χ1) is 34.6. The van der Waals surface area contributed by atoms with Gasteiger partial charge in [0.2, 0.25) is 17.7 Å². The Morgan fingerprint density at radius 2 is 1.40 bits per heavy atom. The molecule has 1 aliphatic rings. The number of ether oxygens (including phenoxy) is 6. The summed E-state index contributed by atoms with van der Waals surface area (Å²) in [6, 6.07) is 3.01. The number of benzene rings is 1. The second kappa shape index (κ2) is 34.6. The number of rotatable bonds is 38. The number of hydrogen-bond donors (Lipinski definition) is 6. The molecule has 0 saturated carbocycles. The van der Waals surface area contributed by atoms with Gasteiger partial charge in [0.15, 0.2) is 0 Å². The third-order valence-corrected chi connectivity index (χ3v) is 14.0. The SMILES string of the molecule is CCCN(C(=O)C(NC(=O)C(C(C)CC)N(C)C)C(C)CC)C(CC(O)c1nc(C(=O)NC2Cc3ccc(O)cc3C(C(=O)NCCOCCOCCOCCOCCOCCOCCN)C2)cs1)C(C)C. The van der Waals surface area contributed by atoms with E-state index in [0.717, 1.165) is 12.0 Å². The highest BCUT2D eigenvalue weighted by atomic mass is 32.1. The smallest absolute Gasteiger partial charge is 0.270 e. The second-order valence-corrected chi connectivity index (χ2v) is 20.0. The Morgan fingerprint density at radius 3 is 1.93 bits per heavy atom. The van der Waals surface area contributed by atoms with Crippen LogP contribution in [0.2, 0.25) is 0 Å². The van der Waals surface area contributed by atoms with Gasteiger partial charge in [0.25, 0.3) is 5.91 Å². The Hall–Kier alpha value is -3.83. The van der Waals surface area contributed by atoms with Crippen molar-refractivity contribution in [3.63, 3.8) is 0 Å². The van der Waals surface area contributed by atoms with Crippen molar-refractivity contribution in [3.8, 4) is 5.75 Å². The quantitative estimate of drug-likeness (QED) is 0.0520. The number of aliphatic hydroxyl groups is 1. The zero-order valence-electron chi connectivity index (χ0n) is 44.7. The topological polar surface area (TPSA) is 246 Å². The van der Waals surface area contributed by atoms with Crippen molar-refractivity contribution in [3.05, 3.63) is 45.4 Å². The molecule has 72 heavy (non-hydrogen) atoms. The molecule has 2 aromatic rings. The number of aliphatic hydroxyl groups excluding tert-OH is 1. The zero-order valence-corrected chi connectivity index (χ0v) is 45.5. The number of fused-ring (bicyclic) bond motifs is 1. The summed E-state index contributed by atoms with van der Waals surface area (Å²) < 4.78 is 32.9. The number of likely N-dealkylation sites (N-methyl/N-ethyl adjacent to an activating group) is 1. The lowest BCUT2D eigenvalue weighted by atomic mass is 9.79. The normalized spacial score (nSPS) is 17.2. The number of hydrogen-bond acceptors (Lipinski definition) is 16. The van der Waals surface area contributed by atoms with Gasteiger partial charge in [0.05, 0.1) is 91.2 Å². The van der Waals surface area contributed by atoms with Crippen molar-refractivity contribution in [2.24, 2.45) is 23.5 Å². The van der Waals surface area contributed by atoms with Crippen LogP contribution in [0.4, 0.5) is 0 Å². The highest BCUT2D eigenvalue weighted by Crippen LogP contribution is 2.35. The summed E-state index contributed by atoms with van der Waals surface area (Å²) in [4.78, 5) is 64.0. The van der Waals surface area contributed by atoms with Crippen molar-refractivity contribution in [2.75, 3.05) is 113 Å². The Morgan fingerprint density at radius 1 is 0.833 bits per heavy atom.